The summed E-state index contributed by atoms with van der Waals surface area (Å²) in [5.74, 6) is -0.804. The molecule has 0 amide bonds. The van der Waals surface area contributed by atoms with Gasteiger partial charge in [0.2, 0.25) is 6.10 Å². The monoisotopic (exact) mass is 506 g/mol. The standard InChI is InChI=1S/C28H30N2O7/c1-30-14-12-27-22-17-7-8-18(31)24(22)37-25(27)19(9-11-28(27,34)20(30)15-17)35-26(33)23(36-21(32)10-13-29)16-5-3-2-4-6-16/h2-9,20,23,25,31,34H,10-15,29H2,1H3/t20-,23+,25?,27?,28-/m1/s1. The molecule has 1 spiro atoms. The Labute approximate surface area is 214 Å². The Balaban J connectivity index is 1.38. The molecule has 1 fully saturated rings. The first-order valence-electron chi connectivity index (χ1n) is 12.6. The number of esters is 2. The highest BCUT2D eigenvalue weighted by atomic mass is 16.6. The first-order valence-corrected chi connectivity index (χ1v) is 12.6. The first kappa shape index (κ1) is 24.0. The number of phenolic OH excluding ortho intramolecular Hbond substituents is 1. The fourth-order valence-electron chi connectivity index (χ4n) is 6.80. The van der Waals surface area contributed by atoms with Gasteiger partial charge in [-0.1, -0.05) is 36.4 Å². The number of ether oxygens (including phenoxy) is 3. The molecular formula is C28H30N2O7. The van der Waals surface area contributed by atoms with E-state index in [2.05, 4.69) is 4.90 Å². The summed E-state index contributed by atoms with van der Waals surface area (Å²) < 4.78 is 17.7. The molecule has 2 aromatic carbocycles. The van der Waals surface area contributed by atoms with Gasteiger partial charge in [-0.2, -0.15) is 0 Å². The van der Waals surface area contributed by atoms with Gasteiger partial charge in [0, 0.05) is 30.1 Å². The Morgan fingerprint density at radius 2 is 2.03 bits per heavy atom. The molecule has 0 aromatic heterocycles. The van der Waals surface area contributed by atoms with Crippen LogP contribution in [-0.4, -0.2) is 64.9 Å². The van der Waals surface area contributed by atoms with E-state index in [1.165, 1.54) is 0 Å². The lowest BCUT2D eigenvalue weighted by Gasteiger charge is -2.61. The molecule has 9 heteroatoms. The number of aliphatic hydroxyl groups is 1. The van der Waals surface area contributed by atoms with Crippen molar-refractivity contribution in [2.75, 3.05) is 20.1 Å². The van der Waals surface area contributed by atoms with Crippen molar-refractivity contribution in [3.8, 4) is 11.5 Å². The quantitative estimate of drug-likeness (QED) is 0.502. The number of carbonyl (C=O) groups excluding carboxylic acids is 2. The lowest BCUT2D eigenvalue weighted by atomic mass is 9.50. The van der Waals surface area contributed by atoms with Crippen molar-refractivity contribution in [1.82, 2.24) is 4.90 Å². The number of hydrogen-bond donors (Lipinski definition) is 3. The zero-order valence-corrected chi connectivity index (χ0v) is 20.6. The summed E-state index contributed by atoms with van der Waals surface area (Å²) in [7, 11) is 2.01. The molecule has 4 aliphatic rings. The molecule has 2 aliphatic heterocycles. The number of carbonyl (C=O) groups is 2. The van der Waals surface area contributed by atoms with Crippen molar-refractivity contribution in [1.29, 1.82) is 0 Å². The van der Waals surface area contributed by atoms with Crippen molar-refractivity contribution in [3.63, 3.8) is 0 Å². The average molecular weight is 507 g/mol. The minimum atomic E-state index is -1.29. The predicted molar refractivity (Wildman–Crippen MR) is 132 cm³/mol. The van der Waals surface area contributed by atoms with Crippen molar-refractivity contribution in [2.24, 2.45) is 5.73 Å². The number of phenols is 1. The van der Waals surface area contributed by atoms with Crippen LogP contribution in [0.1, 0.15) is 42.1 Å². The molecule has 2 aromatic rings. The molecule has 0 saturated carbocycles. The normalized spacial score (nSPS) is 30.0. The number of hydrogen-bond acceptors (Lipinski definition) is 9. The summed E-state index contributed by atoms with van der Waals surface area (Å²) in [6.07, 6.45) is 1.00. The fourth-order valence-corrected chi connectivity index (χ4v) is 6.80. The van der Waals surface area contributed by atoms with Gasteiger partial charge in [0.15, 0.2) is 17.6 Å². The van der Waals surface area contributed by atoms with E-state index in [0.29, 0.717) is 30.7 Å². The molecule has 6 rings (SSSR count). The van der Waals surface area contributed by atoms with Gasteiger partial charge in [0.05, 0.1) is 17.4 Å². The molecule has 0 radical (unpaired) electrons. The zero-order valence-electron chi connectivity index (χ0n) is 20.6. The van der Waals surface area contributed by atoms with Crippen LogP contribution in [0.15, 0.2) is 54.3 Å². The van der Waals surface area contributed by atoms with E-state index >= 15 is 0 Å². The number of piperidine rings is 1. The van der Waals surface area contributed by atoms with Crippen molar-refractivity contribution in [3.05, 3.63) is 71.0 Å². The predicted octanol–water partition coefficient (Wildman–Crippen LogP) is 1.85. The van der Waals surface area contributed by atoms with E-state index in [9.17, 15) is 19.8 Å². The van der Waals surface area contributed by atoms with Crippen molar-refractivity contribution >= 4 is 11.9 Å². The second-order valence-corrected chi connectivity index (χ2v) is 10.3. The summed E-state index contributed by atoms with van der Waals surface area (Å²) >= 11 is 0. The van der Waals surface area contributed by atoms with E-state index < -0.39 is 35.2 Å². The summed E-state index contributed by atoms with van der Waals surface area (Å²) in [4.78, 5) is 27.9. The van der Waals surface area contributed by atoms with Crippen LogP contribution in [-0.2, 0) is 30.9 Å². The number of nitrogens with zero attached hydrogens (tertiary/aromatic N) is 1. The molecule has 2 heterocycles. The molecule has 5 atom stereocenters. The van der Waals surface area contributed by atoms with Crippen LogP contribution >= 0.6 is 0 Å². The van der Waals surface area contributed by atoms with Gasteiger partial charge in [-0.3, -0.25) is 4.79 Å². The first-order chi connectivity index (χ1) is 17.8. The zero-order chi connectivity index (χ0) is 25.9. The minimum Gasteiger partial charge on any atom is -0.504 e. The highest BCUT2D eigenvalue weighted by Crippen LogP contribution is 2.65. The third-order valence-electron chi connectivity index (χ3n) is 8.49. The van der Waals surface area contributed by atoms with Gasteiger partial charge in [-0.15, -0.1) is 0 Å². The maximum Gasteiger partial charge on any atom is 0.357 e. The number of nitrogens with two attached hydrogens (primary N) is 1. The summed E-state index contributed by atoms with van der Waals surface area (Å²) in [6.45, 7) is 0.809. The third-order valence-corrected chi connectivity index (χ3v) is 8.49. The van der Waals surface area contributed by atoms with Crippen molar-refractivity contribution < 1.29 is 34.0 Å². The SMILES string of the molecule is CN1CCC23c4c5ccc(O)c4OC2C(OC(=O)[C@@H](OC(=O)CCN)c2ccccc2)=CC[C@@]3(O)[C@H]1C5. The smallest absolute Gasteiger partial charge is 0.357 e. The van der Waals surface area contributed by atoms with Crippen LogP contribution in [0, 0.1) is 0 Å². The number of benzene rings is 2. The van der Waals surface area contributed by atoms with Gasteiger partial charge in [-0.05, 0) is 44.1 Å². The maximum atomic E-state index is 13.5. The maximum absolute atomic E-state index is 13.5. The van der Waals surface area contributed by atoms with Gasteiger partial charge in [-0.25, -0.2) is 4.79 Å². The van der Waals surface area contributed by atoms with Crippen LogP contribution in [0.2, 0.25) is 0 Å². The largest absolute Gasteiger partial charge is 0.504 e. The number of likely N-dealkylation sites (tertiary alicyclic amines) is 1. The van der Waals surface area contributed by atoms with Crippen LogP contribution in [0.25, 0.3) is 0 Å². The minimum absolute atomic E-state index is 0.00851. The second-order valence-electron chi connectivity index (χ2n) is 10.3. The molecule has 194 valence electrons. The molecule has 37 heavy (non-hydrogen) atoms. The summed E-state index contributed by atoms with van der Waals surface area (Å²) in [5, 5.41) is 22.9. The highest BCUT2D eigenvalue weighted by Gasteiger charge is 2.72. The number of likely N-dealkylation sites (N-methyl/N-ethyl adjacent to an activating group) is 1. The van der Waals surface area contributed by atoms with E-state index in [0.717, 1.165) is 11.1 Å². The van der Waals surface area contributed by atoms with E-state index in [-0.39, 0.29) is 36.9 Å². The van der Waals surface area contributed by atoms with Crippen molar-refractivity contribution in [2.45, 2.75) is 54.9 Å². The molecule has 4 N–H and O–H groups in total. The van der Waals surface area contributed by atoms with E-state index in [4.69, 9.17) is 19.9 Å². The Bertz CT molecular complexity index is 1290. The van der Waals surface area contributed by atoms with E-state index in [1.54, 1.807) is 42.5 Å². The van der Waals surface area contributed by atoms with Crippen LogP contribution in [0.5, 0.6) is 11.5 Å². The van der Waals surface area contributed by atoms with Crippen LogP contribution in [0.3, 0.4) is 0 Å². The lowest BCUT2D eigenvalue weighted by Crippen LogP contribution is -2.74. The van der Waals surface area contributed by atoms with Gasteiger partial charge in [0.1, 0.15) is 5.76 Å². The molecular weight excluding hydrogens is 476 g/mol. The van der Waals surface area contributed by atoms with Crippen LogP contribution in [0.4, 0.5) is 0 Å². The average Bonchev–Trinajstić information content (AvgIpc) is 3.25. The molecule has 1 saturated heterocycles. The Kier molecular flexibility index (Phi) is 5.56. The van der Waals surface area contributed by atoms with Gasteiger partial charge in [0.25, 0.3) is 0 Å². The molecule has 9 nitrogen and oxygen atoms in total. The fraction of sp³-hybridized carbons (Fsp3) is 0.429. The Hall–Kier alpha value is -3.40. The topological polar surface area (TPSA) is 132 Å². The second kappa shape index (κ2) is 8.58. The Morgan fingerprint density at radius 1 is 1.24 bits per heavy atom. The summed E-state index contributed by atoms with van der Waals surface area (Å²) in [5.41, 5.74) is 5.73. The molecule has 2 aliphatic carbocycles. The van der Waals surface area contributed by atoms with Gasteiger partial charge < -0.3 is 35.1 Å². The number of rotatable bonds is 6. The molecule has 2 unspecified atom stereocenters. The van der Waals surface area contributed by atoms with Gasteiger partial charge >= 0.3 is 11.9 Å². The molecule has 2 bridgehead atoms. The number of aromatic hydroxyl groups is 1. The Morgan fingerprint density at radius 3 is 2.78 bits per heavy atom. The summed E-state index contributed by atoms with van der Waals surface area (Å²) in [6, 6.07) is 12.0. The van der Waals surface area contributed by atoms with Crippen LogP contribution < -0.4 is 10.5 Å². The van der Waals surface area contributed by atoms with E-state index in [1.807, 2.05) is 13.1 Å². The lowest BCUT2D eigenvalue weighted by molar-refractivity contribution is -0.176. The third kappa shape index (κ3) is 3.34. The highest BCUT2D eigenvalue weighted by molar-refractivity contribution is 5.82.